The van der Waals surface area contributed by atoms with Crippen molar-refractivity contribution in [1.29, 1.82) is 0 Å². The Morgan fingerprint density at radius 3 is 2.77 bits per heavy atom. The molecule has 7 heteroatoms. The smallest absolute Gasteiger partial charge is 0.225 e. The first-order chi connectivity index (χ1) is 14.7. The maximum atomic E-state index is 10.7. The van der Waals surface area contributed by atoms with Gasteiger partial charge in [0.25, 0.3) is 0 Å². The third kappa shape index (κ3) is 3.48. The van der Waals surface area contributed by atoms with Crippen molar-refractivity contribution in [2.45, 2.75) is 18.9 Å². The lowest BCUT2D eigenvalue weighted by Crippen LogP contribution is -2.40. The molecule has 0 bridgehead atoms. The van der Waals surface area contributed by atoms with Crippen molar-refractivity contribution < 1.29 is 9.52 Å². The largest absolute Gasteiger partial charge is 0.507 e. The van der Waals surface area contributed by atoms with Crippen LogP contribution in [0.25, 0.3) is 33.5 Å². The number of likely N-dealkylation sites (tertiary alicyclic amines) is 1. The number of likely N-dealkylation sites (N-methyl/N-ethyl adjacent to an activating group) is 1. The van der Waals surface area contributed by atoms with E-state index in [1.54, 1.807) is 12.3 Å². The van der Waals surface area contributed by atoms with Crippen LogP contribution in [0.1, 0.15) is 12.8 Å². The SMILES string of the molecule is CN1CCC[C@@H](Nc2nnc(-c3ccc(-c4ncco4)cc3O)c3ccccc23)C1. The number of oxazole rings is 1. The molecule has 0 unspecified atom stereocenters. The number of fused-ring (bicyclic) bond motifs is 1. The molecule has 0 spiro atoms. The monoisotopic (exact) mass is 401 g/mol. The molecule has 2 aromatic carbocycles. The lowest BCUT2D eigenvalue weighted by atomic mass is 10.0. The molecule has 1 atom stereocenters. The van der Waals surface area contributed by atoms with Gasteiger partial charge in [0.1, 0.15) is 17.7 Å². The Kier molecular flexibility index (Phi) is 4.80. The molecular weight excluding hydrogens is 378 g/mol. The van der Waals surface area contributed by atoms with Gasteiger partial charge in [0.15, 0.2) is 5.82 Å². The maximum Gasteiger partial charge on any atom is 0.225 e. The summed E-state index contributed by atoms with van der Waals surface area (Å²) in [7, 11) is 2.14. The number of hydrogen-bond acceptors (Lipinski definition) is 7. The van der Waals surface area contributed by atoms with E-state index in [2.05, 4.69) is 32.4 Å². The Labute approximate surface area is 174 Å². The average molecular weight is 401 g/mol. The molecule has 1 aliphatic rings. The van der Waals surface area contributed by atoms with E-state index in [1.165, 1.54) is 12.7 Å². The Hall–Kier alpha value is -3.45. The number of benzene rings is 2. The summed E-state index contributed by atoms with van der Waals surface area (Å²) in [5.41, 5.74) is 1.98. The van der Waals surface area contributed by atoms with Crippen LogP contribution in [0.3, 0.4) is 0 Å². The highest BCUT2D eigenvalue weighted by molar-refractivity contribution is 6.01. The fourth-order valence-electron chi connectivity index (χ4n) is 4.12. The zero-order valence-electron chi connectivity index (χ0n) is 16.7. The van der Waals surface area contributed by atoms with Crippen LogP contribution in [0.5, 0.6) is 5.75 Å². The standard InChI is InChI=1S/C23H23N5O2/c1-28-11-4-5-16(14-28)25-22-18-7-3-2-6-17(18)21(26-27-22)19-9-8-15(13-20(19)29)23-24-10-12-30-23/h2-3,6-10,12-13,16,29H,4-5,11,14H2,1H3,(H,25,27)/t16-/m1/s1. The molecule has 1 saturated heterocycles. The third-order valence-electron chi connectivity index (χ3n) is 5.58. The Balaban J connectivity index is 1.53. The molecule has 2 aromatic heterocycles. The van der Waals surface area contributed by atoms with Crippen LogP contribution in [-0.4, -0.2) is 51.4 Å². The quantitative estimate of drug-likeness (QED) is 0.531. The second kappa shape index (κ2) is 7.76. The third-order valence-corrected chi connectivity index (χ3v) is 5.58. The van der Waals surface area contributed by atoms with Crippen molar-refractivity contribution in [1.82, 2.24) is 20.1 Å². The van der Waals surface area contributed by atoms with E-state index >= 15 is 0 Å². The van der Waals surface area contributed by atoms with Crippen molar-refractivity contribution in [3.8, 4) is 28.5 Å². The Bertz CT molecular complexity index is 1180. The molecule has 152 valence electrons. The van der Waals surface area contributed by atoms with Crippen LogP contribution in [0.15, 0.2) is 59.3 Å². The molecule has 1 aliphatic heterocycles. The second-order valence-electron chi connectivity index (χ2n) is 7.76. The second-order valence-corrected chi connectivity index (χ2v) is 7.76. The van der Waals surface area contributed by atoms with Crippen molar-refractivity contribution in [3.63, 3.8) is 0 Å². The number of aromatic hydroxyl groups is 1. The van der Waals surface area contributed by atoms with E-state index in [1.807, 2.05) is 36.4 Å². The summed E-state index contributed by atoms with van der Waals surface area (Å²) in [5, 5.41) is 25.2. The summed E-state index contributed by atoms with van der Waals surface area (Å²) < 4.78 is 5.32. The molecule has 0 radical (unpaired) electrons. The average Bonchev–Trinajstić information content (AvgIpc) is 3.29. The van der Waals surface area contributed by atoms with Gasteiger partial charge in [0.2, 0.25) is 5.89 Å². The molecule has 0 saturated carbocycles. The lowest BCUT2D eigenvalue weighted by molar-refractivity contribution is 0.261. The first-order valence-corrected chi connectivity index (χ1v) is 10.1. The van der Waals surface area contributed by atoms with Gasteiger partial charge in [-0.3, -0.25) is 0 Å². The fourth-order valence-corrected chi connectivity index (χ4v) is 4.12. The molecule has 7 nitrogen and oxygen atoms in total. The summed E-state index contributed by atoms with van der Waals surface area (Å²) in [6, 6.07) is 13.7. The first-order valence-electron chi connectivity index (χ1n) is 10.1. The number of nitrogens with one attached hydrogen (secondary N) is 1. The molecule has 0 amide bonds. The maximum absolute atomic E-state index is 10.7. The number of phenols is 1. The van der Waals surface area contributed by atoms with Crippen LogP contribution in [0, 0.1) is 0 Å². The zero-order valence-corrected chi connectivity index (χ0v) is 16.7. The van der Waals surface area contributed by atoms with Gasteiger partial charge >= 0.3 is 0 Å². The molecular formula is C23H23N5O2. The topological polar surface area (TPSA) is 87.3 Å². The number of rotatable bonds is 4. The Morgan fingerprint density at radius 1 is 1.13 bits per heavy atom. The summed E-state index contributed by atoms with van der Waals surface area (Å²) in [6.45, 7) is 2.12. The van der Waals surface area contributed by atoms with E-state index in [-0.39, 0.29) is 5.75 Å². The van der Waals surface area contributed by atoms with Crippen LogP contribution in [0.4, 0.5) is 5.82 Å². The van der Waals surface area contributed by atoms with Crippen LogP contribution in [0.2, 0.25) is 0 Å². The number of piperidine rings is 1. The highest BCUT2D eigenvalue weighted by Crippen LogP contribution is 2.36. The predicted octanol–water partition coefficient (Wildman–Crippen LogP) is 4.16. The molecule has 0 aliphatic carbocycles. The molecule has 30 heavy (non-hydrogen) atoms. The number of anilines is 1. The minimum absolute atomic E-state index is 0.111. The normalized spacial score (nSPS) is 17.3. The van der Waals surface area contributed by atoms with Gasteiger partial charge in [0.05, 0.1) is 6.20 Å². The van der Waals surface area contributed by atoms with Gasteiger partial charge in [0, 0.05) is 34.5 Å². The molecule has 3 heterocycles. The molecule has 1 fully saturated rings. The molecule has 4 aromatic rings. The highest BCUT2D eigenvalue weighted by atomic mass is 16.3. The summed E-state index contributed by atoms with van der Waals surface area (Å²) in [4.78, 5) is 6.47. The summed E-state index contributed by atoms with van der Waals surface area (Å²) in [5.74, 6) is 1.36. The van der Waals surface area contributed by atoms with Crippen molar-refractivity contribution in [2.75, 3.05) is 25.5 Å². The van der Waals surface area contributed by atoms with Gasteiger partial charge in [-0.1, -0.05) is 24.3 Å². The number of nitrogens with zero attached hydrogens (tertiary/aromatic N) is 4. The zero-order chi connectivity index (χ0) is 20.5. The van der Waals surface area contributed by atoms with E-state index in [4.69, 9.17) is 4.42 Å². The van der Waals surface area contributed by atoms with Gasteiger partial charge in [-0.2, -0.15) is 0 Å². The predicted molar refractivity (Wildman–Crippen MR) is 116 cm³/mol. The van der Waals surface area contributed by atoms with Crippen molar-refractivity contribution >= 4 is 16.6 Å². The summed E-state index contributed by atoms with van der Waals surface area (Å²) in [6.07, 6.45) is 5.37. The van der Waals surface area contributed by atoms with Crippen LogP contribution < -0.4 is 5.32 Å². The van der Waals surface area contributed by atoms with Gasteiger partial charge in [-0.05, 0) is 44.6 Å². The number of hydrogen-bond donors (Lipinski definition) is 2. The highest BCUT2D eigenvalue weighted by Gasteiger charge is 2.20. The van der Waals surface area contributed by atoms with Crippen LogP contribution in [-0.2, 0) is 0 Å². The number of aromatic nitrogens is 3. The molecule has 5 rings (SSSR count). The molecule has 2 N–H and O–H groups in total. The van der Waals surface area contributed by atoms with E-state index < -0.39 is 0 Å². The van der Waals surface area contributed by atoms with E-state index in [0.717, 1.165) is 36.1 Å². The summed E-state index contributed by atoms with van der Waals surface area (Å²) >= 11 is 0. The van der Waals surface area contributed by atoms with Crippen molar-refractivity contribution in [3.05, 3.63) is 54.9 Å². The van der Waals surface area contributed by atoms with Gasteiger partial charge in [-0.15, -0.1) is 10.2 Å². The fraction of sp³-hybridized carbons (Fsp3) is 0.261. The minimum atomic E-state index is 0.111. The lowest BCUT2D eigenvalue weighted by Gasteiger charge is -2.30. The minimum Gasteiger partial charge on any atom is -0.507 e. The number of phenolic OH excluding ortho intramolecular Hbond substituents is 1. The van der Waals surface area contributed by atoms with Crippen LogP contribution >= 0.6 is 0 Å². The van der Waals surface area contributed by atoms with Crippen molar-refractivity contribution in [2.24, 2.45) is 0 Å². The Morgan fingerprint density at radius 2 is 2.00 bits per heavy atom. The first kappa shape index (κ1) is 18.6. The van der Waals surface area contributed by atoms with E-state index in [0.29, 0.717) is 28.8 Å². The van der Waals surface area contributed by atoms with Gasteiger partial charge < -0.3 is 19.7 Å². The van der Waals surface area contributed by atoms with E-state index in [9.17, 15) is 5.11 Å². The van der Waals surface area contributed by atoms with Gasteiger partial charge in [-0.25, -0.2) is 4.98 Å².